The third kappa shape index (κ3) is 11.9. The molecular weight excluding hydrogens is 244 g/mol. The van der Waals surface area contributed by atoms with Crippen molar-refractivity contribution in [2.75, 3.05) is 32.8 Å². The Morgan fingerprint density at radius 3 is 1.47 bits per heavy atom. The highest BCUT2D eigenvalue weighted by Crippen LogP contribution is 1.95. The van der Waals surface area contributed by atoms with Crippen LogP contribution in [0.1, 0.15) is 41.5 Å². The number of rotatable bonds is 8. The van der Waals surface area contributed by atoms with Crippen molar-refractivity contribution < 1.29 is 14.5 Å². The zero-order valence-electron chi connectivity index (χ0n) is 13.4. The van der Waals surface area contributed by atoms with E-state index in [2.05, 4.69) is 39.0 Å². The lowest BCUT2D eigenvalue weighted by molar-refractivity contribution is -0.319. The lowest BCUT2D eigenvalue weighted by Crippen LogP contribution is -2.34. The lowest BCUT2D eigenvalue weighted by Gasteiger charge is -2.25. The molecule has 0 aliphatic heterocycles. The van der Waals surface area contributed by atoms with E-state index in [-0.39, 0.29) is 5.97 Å². The smallest absolute Gasteiger partial charge is 0.333 e. The van der Waals surface area contributed by atoms with Crippen molar-refractivity contribution >= 4 is 5.97 Å². The molecule has 0 atom stereocenters. The maximum absolute atomic E-state index is 10.4. The van der Waals surface area contributed by atoms with E-state index in [9.17, 15) is 4.79 Å². The summed E-state index contributed by atoms with van der Waals surface area (Å²) >= 11 is 0. The van der Waals surface area contributed by atoms with Crippen LogP contribution in [0.15, 0.2) is 12.2 Å². The standard InChI is InChI=1S/C8H20N2O.C6H10O2/c1-5-9(6-2)11-10(7-3)8-4;1-4-8-6(7)5(2)3/h5-8H2,1-4H3;2,4H2,1,3H3. The van der Waals surface area contributed by atoms with Gasteiger partial charge in [0.25, 0.3) is 0 Å². The van der Waals surface area contributed by atoms with Crippen LogP contribution >= 0.6 is 0 Å². The largest absolute Gasteiger partial charge is 0.463 e. The summed E-state index contributed by atoms with van der Waals surface area (Å²) in [5.41, 5.74) is 0.451. The molecule has 114 valence electrons. The van der Waals surface area contributed by atoms with Gasteiger partial charge in [0.15, 0.2) is 0 Å². The minimum atomic E-state index is -0.312. The average Bonchev–Trinajstić information content (AvgIpc) is 2.41. The van der Waals surface area contributed by atoms with Crippen molar-refractivity contribution in [3.05, 3.63) is 12.2 Å². The molecule has 0 bridgehead atoms. The summed E-state index contributed by atoms with van der Waals surface area (Å²) in [4.78, 5) is 15.9. The molecule has 5 nitrogen and oxygen atoms in total. The normalized spacial score (nSPS) is 10.1. The molecule has 0 radical (unpaired) electrons. The predicted molar refractivity (Wildman–Crippen MR) is 78.4 cm³/mol. The van der Waals surface area contributed by atoms with Crippen molar-refractivity contribution in [2.45, 2.75) is 41.5 Å². The predicted octanol–water partition coefficient (Wildman–Crippen LogP) is 2.64. The van der Waals surface area contributed by atoms with Crippen LogP contribution < -0.4 is 0 Å². The van der Waals surface area contributed by atoms with E-state index in [1.165, 1.54) is 0 Å². The van der Waals surface area contributed by atoms with Gasteiger partial charge >= 0.3 is 5.97 Å². The average molecular weight is 274 g/mol. The summed E-state index contributed by atoms with van der Waals surface area (Å²) in [6.45, 7) is 19.3. The molecule has 19 heavy (non-hydrogen) atoms. The molecule has 0 fully saturated rings. The Morgan fingerprint density at radius 1 is 0.947 bits per heavy atom. The summed E-state index contributed by atoms with van der Waals surface area (Å²) in [5, 5.41) is 3.88. The maximum Gasteiger partial charge on any atom is 0.333 e. The number of ether oxygens (including phenoxy) is 1. The molecule has 0 unspecified atom stereocenters. The van der Waals surface area contributed by atoms with Crippen molar-refractivity contribution in [1.82, 2.24) is 10.1 Å². The fourth-order valence-corrected chi connectivity index (χ4v) is 1.10. The highest BCUT2D eigenvalue weighted by Gasteiger charge is 2.04. The number of nitrogens with zero attached hydrogens (tertiary/aromatic N) is 2. The molecule has 0 aliphatic carbocycles. The minimum absolute atomic E-state index is 0.312. The van der Waals surface area contributed by atoms with Gasteiger partial charge in [0, 0.05) is 31.8 Å². The van der Waals surface area contributed by atoms with Crippen LogP contribution in [0.4, 0.5) is 0 Å². The first-order valence-corrected chi connectivity index (χ1v) is 6.97. The van der Waals surface area contributed by atoms with E-state index in [1.54, 1.807) is 13.8 Å². The molecule has 0 heterocycles. The van der Waals surface area contributed by atoms with E-state index in [1.807, 2.05) is 10.1 Å². The Labute approximate surface area is 118 Å². The Hall–Kier alpha value is -0.910. The van der Waals surface area contributed by atoms with E-state index in [4.69, 9.17) is 4.94 Å². The summed E-state index contributed by atoms with van der Waals surface area (Å²) in [6, 6.07) is 0. The quantitative estimate of drug-likeness (QED) is 0.387. The van der Waals surface area contributed by atoms with Gasteiger partial charge in [-0.3, -0.25) is 0 Å². The van der Waals surface area contributed by atoms with Crippen LogP contribution in [-0.2, 0) is 14.5 Å². The van der Waals surface area contributed by atoms with Crippen molar-refractivity contribution in [2.24, 2.45) is 0 Å². The zero-order chi connectivity index (χ0) is 15.3. The van der Waals surface area contributed by atoms with E-state index in [0.717, 1.165) is 26.2 Å². The molecular formula is C14H30N2O3. The molecule has 0 saturated heterocycles. The molecule has 0 aliphatic rings. The van der Waals surface area contributed by atoms with Gasteiger partial charge in [-0.1, -0.05) is 34.3 Å². The summed E-state index contributed by atoms with van der Waals surface area (Å²) in [6.07, 6.45) is 0. The Morgan fingerprint density at radius 2 is 1.32 bits per heavy atom. The summed E-state index contributed by atoms with van der Waals surface area (Å²) in [5.74, 6) is -0.312. The van der Waals surface area contributed by atoms with Gasteiger partial charge in [-0.25, -0.2) is 9.73 Å². The molecule has 0 amide bonds. The van der Waals surface area contributed by atoms with Crippen molar-refractivity contribution in [3.8, 4) is 0 Å². The summed E-state index contributed by atoms with van der Waals surface area (Å²) in [7, 11) is 0. The van der Waals surface area contributed by atoms with Gasteiger partial charge in [0.1, 0.15) is 0 Å². The van der Waals surface area contributed by atoms with Crippen LogP contribution in [0.25, 0.3) is 0 Å². The van der Waals surface area contributed by atoms with Gasteiger partial charge < -0.3 is 4.74 Å². The van der Waals surface area contributed by atoms with Crippen LogP contribution in [0.2, 0.25) is 0 Å². The first kappa shape index (κ1) is 20.4. The molecule has 0 saturated carbocycles. The van der Waals surface area contributed by atoms with Crippen LogP contribution in [0.3, 0.4) is 0 Å². The Kier molecular flexibility index (Phi) is 14.5. The monoisotopic (exact) mass is 274 g/mol. The molecule has 0 rings (SSSR count). The zero-order valence-corrected chi connectivity index (χ0v) is 13.4. The molecule has 0 spiro atoms. The summed E-state index contributed by atoms with van der Waals surface area (Å²) < 4.78 is 4.56. The highest BCUT2D eigenvalue weighted by atomic mass is 16.8. The van der Waals surface area contributed by atoms with Gasteiger partial charge in [-0.2, -0.15) is 10.1 Å². The van der Waals surface area contributed by atoms with Crippen LogP contribution in [-0.4, -0.2) is 48.9 Å². The highest BCUT2D eigenvalue weighted by molar-refractivity contribution is 5.86. The van der Waals surface area contributed by atoms with Gasteiger partial charge in [0.2, 0.25) is 0 Å². The van der Waals surface area contributed by atoms with E-state index < -0.39 is 0 Å². The number of hydrogen-bond acceptors (Lipinski definition) is 5. The van der Waals surface area contributed by atoms with Crippen molar-refractivity contribution in [1.29, 1.82) is 0 Å². The first-order chi connectivity index (χ1) is 8.96. The molecule has 0 aromatic rings. The topological polar surface area (TPSA) is 42.0 Å². The number of carbonyl (C=O) groups is 1. The molecule has 5 heteroatoms. The Bertz CT molecular complexity index is 227. The SMILES string of the molecule is C=C(C)C(=O)OCC.CCN(CC)ON(CC)CC. The molecule has 0 aromatic heterocycles. The van der Waals surface area contributed by atoms with Gasteiger partial charge in [-0.15, -0.1) is 0 Å². The van der Waals surface area contributed by atoms with Gasteiger partial charge in [-0.05, 0) is 13.8 Å². The molecule has 0 N–H and O–H groups in total. The van der Waals surface area contributed by atoms with Crippen molar-refractivity contribution in [3.63, 3.8) is 0 Å². The third-order valence-corrected chi connectivity index (χ3v) is 2.27. The lowest BCUT2D eigenvalue weighted by atomic mass is 10.4. The van der Waals surface area contributed by atoms with Crippen LogP contribution in [0.5, 0.6) is 0 Å². The van der Waals surface area contributed by atoms with E-state index in [0.29, 0.717) is 12.2 Å². The maximum atomic E-state index is 10.4. The molecule has 0 aromatic carbocycles. The fourth-order valence-electron chi connectivity index (χ4n) is 1.10. The second kappa shape index (κ2) is 13.5. The number of hydrogen-bond donors (Lipinski definition) is 0. The number of carbonyl (C=O) groups excluding carboxylic acids is 1. The fraction of sp³-hybridized carbons (Fsp3) is 0.786. The second-order valence-electron chi connectivity index (χ2n) is 3.81. The number of hydroxylamine groups is 4. The number of esters is 1. The minimum Gasteiger partial charge on any atom is -0.463 e. The van der Waals surface area contributed by atoms with Gasteiger partial charge in [0.05, 0.1) is 6.61 Å². The Balaban J connectivity index is 0. The van der Waals surface area contributed by atoms with E-state index >= 15 is 0 Å². The first-order valence-electron chi connectivity index (χ1n) is 6.97. The second-order valence-corrected chi connectivity index (χ2v) is 3.81. The third-order valence-electron chi connectivity index (χ3n) is 2.27. The van der Waals surface area contributed by atoms with Crippen LogP contribution in [0, 0.1) is 0 Å².